The van der Waals surface area contributed by atoms with E-state index in [1.165, 1.54) is 5.56 Å². The first-order valence-electron chi connectivity index (χ1n) is 9.74. The average molecular weight is 455 g/mol. The Kier molecular flexibility index (Phi) is 6.11. The smallest absolute Gasteiger partial charge is 0.262 e. The third-order valence-corrected chi connectivity index (χ3v) is 5.24. The van der Waals surface area contributed by atoms with Gasteiger partial charge >= 0.3 is 0 Å². The SMILES string of the molecule is CC(C)c1ccc(-n2nc3ccc(NC(=O)COc4ccc(Cl)cc4Cl)cc3n2)cc1. The Morgan fingerprint density at radius 1 is 1.00 bits per heavy atom. The first kappa shape index (κ1) is 21.2. The summed E-state index contributed by atoms with van der Waals surface area (Å²) < 4.78 is 5.47. The van der Waals surface area contributed by atoms with Crippen molar-refractivity contribution in [2.75, 3.05) is 11.9 Å². The monoisotopic (exact) mass is 454 g/mol. The molecule has 0 fully saturated rings. The van der Waals surface area contributed by atoms with E-state index in [4.69, 9.17) is 27.9 Å². The number of aromatic nitrogens is 3. The van der Waals surface area contributed by atoms with Gasteiger partial charge in [-0.25, -0.2) is 0 Å². The number of rotatable bonds is 6. The van der Waals surface area contributed by atoms with Gasteiger partial charge in [-0.15, -0.1) is 10.2 Å². The van der Waals surface area contributed by atoms with Crippen LogP contribution in [-0.2, 0) is 4.79 Å². The van der Waals surface area contributed by atoms with Gasteiger partial charge in [-0.3, -0.25) is 4.79 Å². The highest BCUT2D eigenvalue weighted by atomic mass is 35.5. The van der Waals surface area contributed by atoms with Gasteiger partial charge in [-0.2, -0.15) is 4.80 Å². The molecule has 0 aliphatic rings. The zero-order valence-corrected chi connectivity index (χ0v) is 18.5. The molecule has 158 valence electrons. The summed E-state index contributed by atoms with van der Waals surface area (Å²) in [7, 11) is 0. The number of hydrogen-bond donors (Lipinski definition) is 1. The zero-order valence-electron chi connectivity index (χ0n) is 17.0. The summed E-state index contributed by atoms with van der Waals surface area (Å²) in [6.45, 7) is 4.12. The van der Waals surface area contributed by atoms with Gasteiger partial charge in [0.1, 0.15) is 16.8 Å². The molecule has 4 aromatic rings. The number of carbonyl (C=O) groups is 1. The van der Waals surface area contributed by atoms with Crippen LogP contribution >= 0.6 is 23.2 Å². The van der Waals surface area contributed by atoms with Crippen LogP contribution in [0.3, 0.4) is 0 Å². The minimum absolute atomic E-state index is 0.186. The Labute approximate surface area is 189 Å². The van der Waals surface area contributed by atoms with Crippen LogP contribution in [0.4, 0.5) is 5.69 Å². The molecule has 6 nitrogen and oxygen atoms in total. The predicted octanol–water partition coefficient (Wildman–Crippen LogP) is 5.87. The minimum atomic E-state index is -0.318. The van der Waals surface area contributed by atoms with Gasteiger partial charge in [-0.05, 0) is 60.0 Å². The topological polar surface area (TPSA) is 69.0 Å². The maximum Gasteiger partial charge on any atom is 0.262 e. The lowest BCUT2D eigenvalue weighted by atomic mass is 10.0. The van der Waals surface area contributed by atoms with E-state index in [-0.39, 0.29) is 12.5 Å². The molecule has 0 spiro atoms. The lowest BCUT2D eigenvalue weighted by Crippen LogP contribution is -2.20. The average Bonchev–Trinajstić information content (AvgIpc) is 3.16. The van der Waals surface area contributed by atoms with Crippen molar-refractivity contribution in [3.63, 3.8) is 0 Å². The molecule has 0 aliphatic carbocycles. The molecule has 0 bridgehead atoms. The van der Waals surface area contributed by atoms with Crippen molar-refractivity contribution in [1.82, 2.24) is 15.0 Å². The Balaban J connectivity index is 1.44. The number of carbonyl (C=O) groups excluding carboxylic acids is 1. The summed E-state index contributed by atoms with van der Waals surface area (Å²) in [5.74, 6) is 0.537. The summed E-state index contributed by atoms with van der Waals surface area (Å²) in [6, 6.07) is 18.3. The van der Waals surface area contributed by atoms with Gasteiger partial charge < -0.3 is 10.1 Å². The van der Waals surface area contributed by atoms with Gasteiger partial charge in [-0.1, -0.05) is 49.2 Å². The third kappa shape index (κ3) is 4.98. The fourth-order valence-corrected chi connectivity index (χ4v) is 3.50. The largest absolute Gasteiger partial charge is 0.482 e. The number of amides is 1. The molecule has 8 heteroatoms. The highest BCUT2D eigenvalue weighted by Gasteiger charge is 2.10. The molecule has 1 aromatic heterocycles. The second-order valence-electron chi connectivity index (χ2n) is 7.35. The van der Waals surface area contributed by atoms with Crippen molar-refractivity contribution < 1.29 is 9.53 Å². The highest BCUT2D eigenvalue weighted by Crippen LogP contribution is 2.27. The van der Waals surface area contributed by atoms with E-state index in [1.54, 1.807) is 35.1 Å². The summed E-state index contributed by atoms with van der Waals surface area (Å²) >= 11 is 11.9. The zero-order chi connectivity index (χ0) is 22.0. The van der Waals surface area contributed by atoms with Crippen LogP contribution in [0.15, 0.2) is 60.7 Å². The van der Waals surface area contributed by atoms with Crippen LogP contribution in [-0.4, -0.2) is 27.5 Å². The molecule has 1 N–H and O–H groups in total. The number of fused-ring (bicyclic) bond motifs is 1. The van der Waals surface area contributed by atoms with E-state index in [9.17, 15) is 4.79 Å². The summed E-state index contributed by atoms with van der Waals surface area (Å²) in [5.41, 5.74) is 4.14. The first-order valence-corrected chi connectivity index (χ1v) is 10.5. The number of anilines is 1. The van der Waals surface area contributed by atoms with Crippen molar-refractivity contribution in [3.8, 4) is 11.4 Å². The van der Waals surface area contributed by atoms with Crippen LogP contribution in [0.1, 0.15) is 25.3 Å². The molecule has 0 saturated carbocycles. The van der Waals surface area contributed by atoms with E-state index in [2.05, 4.69) is 41.5 Å². The standard InChI is InChI=1S/C23H20Cl2N4O2/c1-14(2)15-3-7-18(8-4-15)29-27-20-9-6-17(12-21(20)28-29)26-23(30)13-31-22-10-5-16(24)11-19(22)25/h3-12,14H,13H2,1-2H3,(H,26,30). The number of nitrogens with zero attached hydrogens (tertiary/aromatic N) is 3. The van der Waals surface area contributed by atoms with Gasteiger partial charge in [0.25, 0.3) is 5.91 Å². The molecule has 31 heavy (non-hydrogen) atoms. The molecule has 1 amide bonds. The van der Waals surface area contributed by atoms with Crippen molar-refractivity contribution in [2.24, 2.45) is 0 Å². The van der Waals surface area contributed by atoms with Crippen molar-refractivity contribution in [1.29, 1.82) is 0 Å². The molecule has 1 heterocycles. The van der Waals surface area contributed by atoms with Crippen LogP contribution in [0.25, 0.3) is 16.7 Å². The van der Waals surface area contributed by atoms with Crippen LogP contribution in [0.2, 0.25) is 10.0 Å². The Morgan fingerprint density at radius 2 is 1.74 bits per heavy atom. The normalized spacial score (nSPS) is 11.1. The number of nitrogens with one attached hydrogen (secondary N) is 1. The van der Waals surface area contributed by atoms with Crippen LogP contribution < -0.4 is 10.1 Å². The van der Waals surface area contributed by atoms with Crippen LogP contribution in [0.5, 0.6) is 5.75 Å². The van der Waals surface area contributed by atoms with Gasteiger partial charge in [0.15, 0.2) is 6.61 Å². The van der Waals surface area contributed by atoms with Crippen molar-refractivity contribution >= 4 is 45.8 Å². The second kappa shape index (κ2) is 8.96. The molecular weight excluding hydrogens is 435 g/mol. The van der Waals surface area contributed by atoms with E-state index < -0.39 is 0 Å². The molecular formula is C23H20Cl2N4O2. The van der Waals surface area contributed by atoms with E-state index in [0.717, 1.165) is 11.2 Å². The Hall–Kier alpha value is -3.09. The first-order chi connectivity index (χ1) is 14.9. The van der Waals surface area contributed by atoms with Crippen molar-refractivity contribution in [3.05, 3.63) is 76.3 Å². The number of halogens is 2. The molecule has 0 atom stereocenters. The number of ether oxygens (including phenoxy) is 1. The second-order valence-corrected chi connectivity index (χ2v) is 8.19. The molecule has 0 unspecified atom stereocenters. The quantitative estimate of drug-likeness (QED) is 0.395. The van der Waals surface area contributed by atoms with Gasteiger partial charge in [0, 0.05) is 10.7 Å². The predicted molar refractivity (Wildman–Crippen MR) is 124 cm³/mol. The van der Waals surface area contributed by atoms with E-state index >= 15 is 0 Å². The maximum atomic E-state index is 12.3. The third-order valence-electron chi connectivity index (χ3n) is 4.71. The maximum absolute atomic E-state index is 12.3. The molecule has 0 saturated heterocycles. The number of hydrogen-bond acceptors (Lipinski definition) is 4. The highest BCUT2D eigenvalue weighted by molar-refractivity contribution is 6.35. The Bertz CT molecular complexity index is 1240. The molecule has 0 radical (unpaired) electrons. The van der Waals surface area contributed by atoms with Gasteiger partial charge in [0.2, 0.25) is 0 Å². The minimum Gasteiger partial charge on any atom is -0.482 e. The van der Waals surface area contributed by atoms with E-state index in [1.807, 2.05) is 18.2 Å². The lowest BCUT2D eigenvalue weighted by molar-refractivity contribution is -0.118. The summed E-state index contributed by atoms with van der Waals surface area (Å²) in [4.78, 5) is 13.9. The van der Waals surface area contributed by atoms with Crippen LogP contribution in [0, 0.1) is 0 Å². The molecule has 4 rings (SSSR count). The fraction of sp³-hybridized carbons (Fsp3) is 0.174. The molecule has 3 aromatic carbocycles. The van der Waals surface area contributed by atoms with Crippen molar-refractivity contribution in [2.45, 2.75) is 19.8 Å². The lowest BCUT2D eigenvalue weighted by Gasteiger charge is -2.09. The van der Waals surface area contributed by atoms with Gasteiger partial charge in [0.05, 0.1) is 10.7 Å². The Morgan fingerprint density at radius 3 is 2.45 bits per heavy atom. The summed E-state index contributed by atoms with van der Waals surface area (Å²) in [5, 5.41) is 12.7. The molecule has 0 aliphatic heterocycles. The fourth-order valence-electron chi connectivity index (χ4n) is 3.03. The summed E-state index contributed by atoms with van der Waals surface area (Å²) in [6.07, 6.45) is 0. The van der Waals surface area contributed by atoms with E-state index in [0.29, 0.717) is 32.9 Å². The number of benzene rings is 3.